The molecule has 0 aliphatic rings. The van der Waals surface area contributed by atoms with Gasteiger partial charge < -0.3 is 9.72 Å². The molecule has 0 aliphatic carbocycles. The number of nitrogens with zero attached hydrogens (tertiary/aromatic N) is 2. The Morgan fingerprint density at radius 1 is 1.25 bits per heavy atom. The van der Waals surface area contributed by atoms with Crippen LogP contribution < -0.4 is 5.32 Å². The second kappa shape index (κ2) is 5.46. The van der Waals surface area contributed by atoms with E-state index in [0.29, 0.717) is 11.6 Å². The highest BCUT2D eigenvalue weighted by Crippen LogP contribution is 2.20. The Balaban J connectivity index is 1.77. The third-order valence-corrected chi connectivity index (χ3v) is 4.21. The average Bonchev–Trinajstić information content (AvgIpc) is 2.82. The smallest absolute Gasteiger partial charge is 0.137 e. The molecular formula is C15H13BrClN3. The Morgan fingerprint density at radius 2 is 2.10 bits per heavy atom. The molecule has 102 valence electrons. The molecule has 5 heteroatoms. The maximum Gasteiger partial charge on any atom is 0.137 e. The number of halogens is 2. The monoisotopic (exact) mass is 349 g/mol. The minimum absolute atomic E-state index is 0.681. The largest absolute Gasteiger partial charge is 0.379 e. The zero-order chi connectivity index (χ0) is 14.1. The van der Waals surface area contributed by atoms with Gasteiger partial charge >= 0.3 is 0 Å². The molecule has 0 spiro atoms. The Hall–Kier alpha value is -1.52. The van der Waals surface area contributed by atoms with Gasteiger partial charge in [-0.25, -0.2) is 4.98 Å². The van der Waals surface area contributed by atoms with Crippen molar-refractivity contribution < 1.29 is 0 Å². The molecule has 0 bridgehead atoms. The summed E-state index contributed by atoms with van der Waals surface area (Å²) in [6, 6.07) is 9.95. The van der Waals surface area contributed by atoms with Crippen LogP contribution in [-0.4, -0.2) is 9.38 Å². The molecule has 3 rings (SSSR count). The normalized spacial score (nSPS) is 10.9. The average molecular weight is 351 g/mol. The molecule has 2 heterocycles. The molecule has 0 saturated carbocycles. The van der Waals surface area contributed by atoms with Crippen molar-refractivity contribution in [1.82, 2.24) is 9.38 Å². The van der Waals surface area contributed by atoms with E-state index in [1.807, 2.05) is 41.1 Å². The summed E-state index contributed by atoms with van der Waals surface area (Å²) in [5.74, 6) is 0. The second-order valence-electron chi connectivity index (χ2n) is 4.66. The third-order valence-electron chi connectivity index (χ3n) is 3.10. The van der Waals surface area contributed by atoms with Crippen molar-refractivity contribution in [3.8, 4) is 0 Å². The highest BCUT2D eigenvalue weighted by molar-refractivity contribution is 9.10. The summed E-state index contributed by atoms with van der Waals surface area (Å²) >= 11 is 9.46. The van der Waals surface area contributed by atoms with Crippen LogP contribution in [-0.2, 0) is 6.54 Å². The standard InChI is InChI=1S/C15H13BrClN3/c1-10-6-12(3-4-14(10)16)18-7-13-9-20-8-11(17)2-5-15(20)19-13/h2-6,8-9,18H,7H2,1H3. The van der Waals surface area contributed by atoms with Crippen LogP contribution in [0.4, 0.5) is 5.69 Å². The molecule has 0 saturated heterocycles. The van der Waals surface area contributed by atoms with Gasteiger partial charge in [0.15, 0.2) is 0 Å². The number of benzene rings is 1. The highest BCUT2D eigenvalue weighted by atomic mass is 79.9. The van der Waals surface area contributed by atoms with Gasteiger partial charge in [-0.3, -0.25) is 0 Å². The van der Waals surface area contributed by atoms with Crippen LogP contribution in [0.1, 0.15) is 11.3 Å². The van der Waals surface area contributed by atoms with Crippen LogP contribution in [0.15, 0.2) is 47.2 Å². The number of hydrogen-bond donors (Lipinski definition) is 1. The summed E-state index contributed by atoms with van der Waals surface area (Å²) < 4.78 is 3.05. The van der Waals surface area contributed by atoms with Crippen molar-refractivity contribution in [2.24, 2.45) is 0 Å². The fourth-order valence-electron chi connectivity index (χ4n) is 2.05. The Morgan fingerprint density at radius 3 is 2.90 bits per heavy atom. The van der Waals surface area contributed by atoms with Gasteiger partial charge in [-0.05, 0) is 42.8 Å². The van der Waals surface area contributed by atoms with Crippen LogP contribution in [0.5, 0.6) is 0 Å². The molecule has 3 nitrogen and oxygen atoms in total. The van der Waals surface area contributed by atoms with E-state index in [-0.39, 0.29) is 0 Å². The van der Waals surface area contributed by atoms with Crippen molar-refractivity contribution in [3.63, 3.8) is 0 Å². The molecule has 3 aromatic rings. The van der Waals surface area contributed by atoms with E-state index in [2.05, 4.69) is 39.2 Å². The highest BCUT2D eigenvalue weighted by Gasteiger charge is 2.03. The summed E-state index contributed by atoms with van der Waals surface area (Å²) in [5.41, 5.74) is 4.17. The molecule has 1 aromatic carbocycles. The molecule has 0 unspecified atom stereocenters. The number of nitrogens with one attached hydrogen (secondary N) is 1. The van der Waals surface area contributed by atoms with Crippen LogP contribution in [0, 0.1) is 6.92 Å². The number of aromatic nitrogens is 2. The number of imidazole rings is 1. The predicted molar refractivity (Wildman–Crippen MR) is 86.4 cm³/mol. The minimum atomic E-state index is 0.681. The molecule has 0 aliphatic heterocycles. The summed E-state index contributed by atoms with van der Waals surface area (Å²) in [7, 11) is 0. The van der Waals surface area contributed by atoms with E-state index < -0.39 is 0 Å². The van der Waals surface area contributed by atoms with Crippen LogP contribution >= 0.6 is 27.5 Å². The molecule has 0 radical (unpaired) electrons. The quantitative estimate of drug-likeness (QED) is 0.743. The summed E-state index contributed by atoms with van der Waals surface area (Å²) in [4.78, 5) is 4.54. The van der Waals surface area contributed by atoms with Gasteiger partial charge in [0.2, 0.25) is 0 Å². The minimum Gasteiger partial charge on any atom is -0.379 e. The fraction of sp³-hybridized carbons (Fsp3) is 0.133. The Bertz CT molecular complexity index is 767. The predicted octanol–water partition coefficient (Wildman–Crippen LogP) is 4.67. The SMILES string of the molecule is Cc1cc(NCc2cn3cc(Cl)ccc3n2)ccc1Br. The van der Waals surface area contributed by atoms with Gasteiger partial charge in [0.1, 0.15) is 5.65 Å². The van der Waals surface area contributed by atoms with Crippen LogP contribution in [0.2, 0.25) is 5.02 Å². The van der Waals surface area contributed by atoms with E-state index in [9.17, 15) is 0 Å². The lowest BCUT2D eigenvalue weighted by atomic mass is 10.2. The second-order valence-corrected chi connectivity index (χ2v) is 5.95. The van der Waals surface area contributed by atoms with Gasteiger partial charge in [-0.2, -0.15) is 0 Å². The van der Waals surface area contributed by atoms with E-state index >= 15 is 0 Å². The number of pyridine rings is 1. The topological polar surface area (TPSA) is 29.3 Å². The van der Waals surface area contributed by atoms with E-state index in [0.717, 1.165) is 21.5 Å². The summed E-state index contributed by atoms with van der Waals surface area (Å²) in [6.45, 7) is 2.75. The first-order chi connectivity index (χ1) is 9.61. The maximum absolute atomic E-state index is 5.96. The van der Waals surface area contributed by atoms with Gasteiger partial charge in [-0.1, -0.05) is 27.5 Å². The van der Waals surface area contributed by atoms with Gasteiger partial charge in [0.25, 0.3) is 0 Å². The Labute approximate surface area is 130 Å². The lowest BCUT2D eigenvalue weighted by Gasteiger charge is -2.06. The first-order valence-electron chi connectivity index (χ1n) is 6.25. The first kappa shape index (κ1) is 13.5. The number of hydrogen-bond acceptors (Lipinski definition) is 2. The van der Waals surface area contributed by atoms with E-state index in [4.69, 9.17) is 11.6 Å². The van der Waals surface area contributed by atoms with Crippen LogP contribution in [0.25, 0.3) is 5.65 Å². The number of fused-ring (bicyclic) bond motifs is 1. The van der Waals surface area contributed by atoms with Crippen molar-refractivity contribution >= 4 is 38.9 Å². The third kappa shape index (κ3) is 2.81. The van der Waals surface area contributed by atoms with E-state index in [1.165, 1.54) is 5.56 Å². The van der Waals surface area contributed by atoms with Crippen molar-refractivity contribution in [1.29, 1.82) is 0 Å². The van der Waals surface area contributed by atoms with Crippen molar-refractivity contribution in [3.05, 3.63) is 63.5 Å². The number of anilines is 1. The maximum atomic E-state index is 5.96. The van der Waals surface area contributed by atoms with E-state index in [1.54, 1.807) is 0 Å². The number of rotatable bonds is 3. The van der Waals surface area contributed by atoms with Gasteiger partial charge in [0.05, 0.1) is 17.3 Å². The van der Waals surface area contributed by atoms with Crippen molar-refractivity contribution in [2.45, 2.75) is 13.5 Å². The van der Waals surface area contributed by atoms with Gasteiger partial charge in [-0.15, -0.1) is 0 Å². The molecule has 20 heavy (non-hydrogen) atoms. The molecule has 0 amide bonds. The lowest BCUT2D eigenvalue weighted by Crippen LogP contribution is -1.99. The molecule has 2 aromatic heterocycles. The Kier molecular flexibility index (Phi) is 3.68. The zero-order valence-corrected chi connectivity index (χ0v) is 13.2. The molecule has 0 atom stereocenters. The zero-order valence-electron chi connectivity index (χ0n) is 10.9. The lowest BCUT2D eigenvalue weighted by molar-refractivity contribution is 1.08. The summed E-state index contributed by atoms with van der Waals surface area (Å²) in [5, 5.41) is 4.08. The summed E-state index contributed by atoms with van der Waals surface area (Å²) in [6.07, 6.45) is 3.84. The number of aryl methyl sites for hydroxylation is 1. The van der Waals surface area contributed by atoms with Crippen molar-refractivity contribution in [2.75, 3.05) is 5.32 Å². The first-order valence-corrected chi connectivity index (χ1v) is 7.42. The molecule has 0 fully saturated rings. The molecular weight excluding hydrogens is 338 g/mol. The van der Waals surface area contributed by atoms with Gasteiger partial charge in [0, 0.05) is 22.6 Å². The fourth-order valence-corrected chi connectivity index (χ4v) is 2.46. The molecule has 1 N–H and O–H groups in total. The van der Waals surface area contributed by atoms with Crippen LogP contribution in [0.3, 0.4) is 0 Å².